The summed E-state index contributed by atoms with van der Waals surface area (Å²) in [5, 5.41) is 8.21. The minimum absolute atomic E-state index is 0.647. The van der Waals surface area contributed by atoms with E-state index in [9.17, 15) is 0 Å². The van der Waals surface area contributed by atoms with E-state index in [-0.39, 0.29) is 0 Å². The Kier molecular flexibility index (Phi) is 7.76. The molecule has 0 bridgehead atoms. The highest BCUT2D eigenvalue weighted by atomic mass is 15.2. The summed E-state index contributed by atoms with van der Waals surface area (Å²) < 4.78 is 4.54. The SMILES string of the molecule is C=C/C=C(\C=C)n1c2ccccc2c2c3ccccc3c(-c3cccc(-c4ccc5c6ccccc6n(-c6nc(-c7ccccc7)c7ccccc7n6)c5c4)c3)cc21. The summed E-state index contributed by atoms with van der Waals surface area (Å²) in [6, 6.07) is 62.7. The van der Waals surface area contributed by atoms with Crippen molar-refractivity contribution in [2.75, 3.05) is 0 Å². The van der Waals surface area contributed by atoms with Gasteiger partial charge in [-0.3, -0.25) is 4.57 Å². The molecule has 0 aliphatic heterocycles. The molecule has 0 saturated carbocycles. The Bertz CT molecular complexity index is 3490. The minimum Gasteiger partial charge on any atom is -0.309 e. The van der Waals surface area contributed by atoms with Crippen LogP contribution >= 0.6 is 0 Å². The van der Waals surface area contributed by atoms with Gasteiger partial charge in [0.25, 0.3) is 0 Å². The van der Waals surface area contributed by atoms with Crippen LogP contribution < -0.4 is 0 Å². The highest BCUT2D eigenvalue weighted by molar-refractivity contribution is 6.25. The summed E-state index contributed by atoms with van der Waals surface area (Å²) in [5.74, 6) is 0.647. The van der Waals surface area contributed by atoms with Crippen molar-refractivity contribution in [2.24, 2.45) is 0 Å². The lowest BCUT2D eigenvalue weighted by molar-refractivity contribution is 1.01. The van der Waals surface area contributed by atoms with E-state index in [4.69, 9.17) is 9.97 Å². The molecular weight excluding hydrogens is 705 g/mol. The van der Waals surface area contributed by atoms with Crippen LogP contribution in [0.5, 0.6) is 0 Å². The van der Waals surface area contributed by atoms with Gasteiger partial charge in [-0.25, -0.2) is 9.97 Å². The summed E-state index contributed by atoms with van der Waals surface area (Å²) in [6.45, 7) is 8.19. The van der Waals surface area contributed by atoms with Crippen molar-refractivity contribution in [3.63, 3.8) is 0 Å². The smallest absolute Gasteiger partial charge is 0.235 e. The van der Waals surface area contributed by atoms with Gasteiger partial charge in [0.05, 0.1) is 33.3 Å². The molecule has 0 radical (unpaired) electrons. The topological polar surface area (TPSA) is 35.6 Å². The van der Waals surface area contributed by atoms with Crippen LogP contribution in [0, 0.1) is 0 Å². The summed E-state index contributed by atoms with van der Waals surface area (Å²) in [5.41, 5.74) is 12.8. The van der Waals surface area contributed by atoms with Gasteiger partial charge in [-0.05, 0) is 81.6 Å². The van der Waals surface area contributed by atoms with Crippen molar-refractivity contribution in [3.8, 4) is 39.5 Å². The maximum atomic E-state index is 5.31. The number of nitrogens with zero attached hydrogens (tertiary/aromatic N) is 4. The lowest BCUT2D eigenvalue weighted by Gasteiger charge is -2.14. The molecule has 0 amide bonds. The predicted octanol–water partition coefficient (Wildman–Crippen LogP) is 14.2. The van der Waals surface area contributed by atoms with E-state index in [0.29, 0.717) is 5.95 Å². The third-order valence-corrected chi connectivity index (χ3v) is 11.5. The average Bonchev–Trinajstić information content (AvgIpc) is 3.80. The largest absolute Gasteiger partial charge is 0.309 e. The molecule has 0 atom stereocenters. The molecule has 4 nitrogen and oxygen atoms in total. The number of allylic oxidation sites excluding steroid dienone is 4. The zero-order chi connectivity index (χ0) is 38.7. The van der Waals surface area contributed by atoms with Crippen LogP contribution in [0.1, 0.15) is 0 Å². The van der Waals surface area contributed by atoms with E-state index < -0.39 is 0 Å². The van der Waals surface area contributed by atoms with Crippen molar-refractivity contribution in [1.29, 1.82) is 0 Å². The molecule has 58 heavy (non-hydrogen) atoms. The first-order valence-electron chi connectivity index (χ1n) is 19.6. The summed E-state index contributed by atoms with van der Waals surface area (Å²) in [4.78, 5) is 10.5. The quantitative estimate of drug-likeness (QED) is 0.153. The van der Waals surface area contributed by atoms with Gasteiger partial charge in [-0.15, -0.1) is 0 Å². The van der Waals surface area contributed by atoms with Crippen LogP contribution in [-0.2, 0) is 0 Å². The van der Waals surface area contributed by atoms with Crippen molar-refractivity contribution < 1.29 is 0 Å². The number of aromatic nitrogens is 4. The molecule has 4 heteroatoms. The Hall–Kier alpha value is -7.82. The van der Waals surface area contributed by atoms with E-state index in [2.05, 4.69) is 186 Å². The minimum atomic E-state index is 0.647. The monoisotopic (exact) mass is 740 g/mol. The molecule has 3 aromatic heterocycles. The summed E-state index contributed by atoms with van der Waals surface area (Å²) in [6.07, 6.45) is 5.76. The van der Waals surface area contributed by atoms with Gasteiger partial charge in [0.2, 0.25) is 5.95 Å². The van der Waals surface area contributed by atoms with E-state index in [0.717, 1.165) is 77.4 Å². The first-order chi connectivity index (χ1) is 28.7. The van der Waals surface area contributed by atoms with Crippen LogP contribution in [0.4, 0.5) is 0 Å². The zero-order valence-electron chi connectivity index (χ0n) is 31.7. The maximum Gasteiger partial charge on any atom is 0.235 e. The number of benzene rings is 8. The van der Waals surface area contributed by atoms with Gasteiger partial charge >= 0.3 is 0 Å². The molecule has 272 valence electrons. The lowest BCUT2D eigenvalue weighted by Crippen LogP contribution is -2.03. The molecule has 3 heterocycles. The van der Waals surface area contributed by atoms with Crippen LogP contribution in [0.3, 0.4) is 0 Å². The van der Waals surface area contributed by atoms with Crippen molar-refractivity contribution in [2.45, 2.75) is 0 Å². The normalized spacial score (nSPS) is 12.0. The first kappa shape index (κ1) is 33.5. The Morgan fingerprint density at radius 2 is 1.09 bits per heavy atom. The molecule has 11 aromatic rings. The van der Waals surface area contributed by atoms with Crippen molar-refractivity contribution >= 4 is 71.0 Å². The molecule has 0 N–H and O–H groups in total. The van der Waals surface area contributed by atoms with E-state index in [1.807, 2.05) is 30.4 Å². The van der Waals surface area contributed by atoms with Gasteiger partial charge in [0.1, 0.15) is 0 Å². The van der Waals surface area contributed by atoms with Crippen LogP contribution in [0.15, 0.2) is 207 Å². The lowest BCUT2D eigenvalue weighted by atomic mass is 9.93. The standard InChI is InChI=1S/C54H36N4/c1-3-17-39(4-2)57-49-29-15-12-26-45(49)52-43-24-9-8-22-40(43)46(34-51(52)57)38-21-16-20-36(32-38)37-30-31-42-41-23-11-14-28-48(41)58(50(42)33-37)54-55-47-27-13-10-25-44(47)53(56-54)35-18-6-5-7-19-35/h3-34H,1-2H2/b39-17+. The van der Waals surface area contributed by atoms with Crippen molar-refractivity contribution in [1.82, 2.24) is 19.1 Å². The summed E-state index contributed by atoms with van der Waals surface area (Å²) >= 11 is 0. The maximum absolute atomic E-state index is 5.31. The number of hydrogen-bond donors (Lipinski definition) is 0. The molecule has 0 aliphatic rings. The van der Waals surface area contributed by atoms with Crippen LogP contribution in [0.25, 0.3) is 110 Å². The van der Waals surface area contributed by atoms with Gasteiger partial charge in [0.15, 0.2) is 0 Å². The Balaban J connectivity index is 1.13. The molecule has 0 fully saturated rings. The Morgan fingerprint density at radius 3 is 1.90 bits per heavy atom. The molecule has 0 spiro atoms. The van der Waals surface area contributed by atoms with Crippen LogP contribution in [0.2, 0.25) is 0 Å². The second-order valence-electron chi connectivity index (χ2n) is 14.7. The zero-order valence-corrected chi connectivity index (χ0v) is 31.7. The number of para-hydroxylation sites is 3. The Morgan fingerprint density at radius 1 is 0.448 bits per heavy atom. The summed E-state index contributed by atoms with van der Waals surface area (Å²) in [7, 11) is 0. The van der Waals surface area contributed by atoms with Gasteiger partial charge in [-0.2, -0.15) is 0 Å². The van der Waals surface area contributed by atoms with Gasteiger partial charge < -0.3 is 4.57 Å². The molecule has 0 unspecified atom stereocenters. The predicted molar refractivity (Wildman–Crippen MR) is 245 cm³/mol. The van der Waals surface area contributed by atoms with Gasteiger partial charge in [0, 0.05) is 38.2 Å². The second-order valence-corrected chi connectivity index (χ2v) is 14.7. The van der Waals surface area contributed by atoms with E-state index in [1.165, 1.54) is 27.1 Å². The fraction of sp³-hybridized carbons (Fsp3) is 0. The number of fused-ring (bicyclic) bond motifs is 9. The third kappa shape index (κ3) is 5.16. The molecule has 0 saturated heterocycles. The van der Waals surface area contributed by atoms with Gasteiger partial charge in [-0.1, -0.05) is 159 Å². The Labute approximate surface area is 335 Å². The molecular formula is C54H36N4. The highest BCUT2D eigenvalue weighted by Gasteiger charge is 2.20. The third-order valence-electron chi connectivity index (χ3n) is 11.5. The average molecular weight is 741 g/mol. The molecule has 0 aliphatic carbocycles. The van der Waals surface area contributed by atoms with E-state index >= 15 is 0 Å². The van der Waals surface area contributed by atoms with E-state index in [1.54, 1.807) is 0 Å². The fourth-order valence-corrected chi connectivity index (χ4v) is 8.91. The molecule has 11 rings (SSSR count). The molecule has 8 aromatic carbocycles. The van der Waals surface area contributed by atoms with Crippen molar-refractivity contribution in [3.05, 3.63) is 207 Å². The fourth-order valence-electron chi connectivity index (χ4n) is 8.91. The number of hydrogen-bond acceptors (Lipinski definition) is 2. The number of rotatable bonds is 7. The first-order valence-corrected chi connectivity index (χ1v) is 19.6. The second kappa shape index (κ2) is 13.4. The highest BCUT2D eigenvalue weighted by Crippen LogP contribution is 2.43. The van der Waals surface area contributed by atoms with Crippen LogP contribution in [-0.4, -0.2) is 19.1 Å².